The monoisotopic (exact) mass is 259 g/mol. The van der Waals surface area contributed by atoms with E-state index in [1.165, 1.54) is 25.0 Å². The molecule has 0 aliphatic heterocycles. The SMILES string of the molecule is Fc1ccc(-c2ccccc2CNC2CC2)cc1F. The van der Waals surface area contributed by atoms with E-state index in [0.717, 1.165) is 17.7 Å². The Morgan fingerprint density at radius 3 is 2.53 bits per heavy atom. The van der Waals surface area contributed by atoms with Gasteiger partial charge in [0.05, 0.1) is 0 Å². The van der Waals surface area contributed by atoms with E-state index in [0.29, 0.717) is 11.6 Å². The summed E-state index contributed by atoms with van der Waals surface area (Å²) in [5, 5.41) is 3.44. The predicted octanol–water partition coefficient (Wildman–Crippen LogP) is 3.88. The maximum Gasteiger partial charge on any atom is 0.159 e. The Kier molecular flexibility index (Phi) is 3.30. The lowest BCUT2D eigenvalue weighted by Gasteiger charge is -2.10. The number of nitrogens with one attached hydrogen (secondary N) is 1. The number of hydrogen-bond donors (Lipinski definition) is 1. The van der Waals surface area contributed by atoms with Crippen molar-refractivity contribution in [3.63, 3.8) is 0 Å². The molecule has 98 valence electrons. The average Bonchev–Trinajstić information content (AvgIpc) is 3.24. The lowest BCUT2D eigenvalue weighted by atomic mass is 9.99. The van der Waals surface area contributed by atoms with Gasteiger partial charge >= 0.3 is 0 Å². The van der Waals surface area contributed by atoms with E-state index in [9.17, 15) is 8.78 Å². The molecule has 0 atom stereocenters. The van der Waals surface area contributed by atoms with E-state index in [4.69, 9.17) is 0 Å². The zero-order valence-corrected chi connectivity index (χ0v) is 10.5. The summed E-state index contributed by atoms with van der Waals surface area (Å²) >= 11 is 0. The number of benzene rings is 2. The first kappa shape index (κ1) is 12.3. The van der Waals surface area contributed by atoms with Gasteiger partial charge in [0.2, 0.25) is 0 Å². The van der Waals surface area contributed by atoms with Crippen molar-refractivity contribution in [2.45, 2.75) is 25.4 Å². The van der Waals surface area contributed by atoms with Gasteiger partial charge in [0.1, 0.15) is 0 Å². The minimum absolute atomic E-state index is 0.623. The van der Waals surface area contributed by atoms with Gasteiger partial charge in [-0.05, 0) is 41.7 Å². The largest absolute Gasteiger partial charge is 0.310 e. The van der Waals surface area contributed by atoms with Gasteiger partial charge in [-0.25, -0.2) is 8.78 Å². The Morgan fingerprint density at radius 1 is 1.00 bits per heavy atom. The summed E-state index contributed by atoms with van der Waals surface area (Å²) < 4.78 is 26.3. The highest BCUT2D eigenvalue weighted by Gasteiger charge is 2.20. The molecule has 2 aromatic rings. The third kappa shape index (κ3) is 2.82. The van der Waals surface area contributed by atoms with Crippen LogP contribution in [0, 0.1) is 11.6 Å². The van der Waals surface area contributed by atoms with Crippen LogP contribution in [0.5, 0.6) is 0 Å². The predicted molar refractivity (Wildman–Crippen MR) is 71.7 cm³/mol. The van der Waals surface area contributed by atoms with Crippen molar-refractivity contribution in [3.8, 4) is 11.1 Å². The first-order valence-electron chi connectivity index (χ1n) is 6.51. The third-order valence-corrected chi connectivity index (χ3v) is 3.41. The topological polar surface area (TPSA) is 12.0 Å². The normalized spacial score (nSPS) is 14.6. The molecule has 0 spiro atoms. The Bertz CT molecular complexity index is 591. The van der Waals surface area contributed by atoms with Crippen LogP contribution in [0.15, 0.2) is 42.5 Å². The molecule has 3 heteroatoms. The zero-order chi connectivity index (χ0) is 13.2. The van der Waals surface area contributed by atoms with E-state index in [2.05, 4.69) is 5.32 Å². The van der Waals surface area contributed by atoms with Gasteiger partial charge in [-0.3, -0.25) is 0 Å². The second-order valence-corrected chi connectivity index (χ2v) is 4.94. The standard InChI is InChI=1S/C16H15F2N/c17-15-8-5-11(9-16(15)18)14-4-2-1-3-12(14)10-19-13-6-7-13/h1-5,8-9,13,19H,6-7,10H2. The van der Waals surface area contributed by atoms with Crippen molar-refractivity contribution in [2.75, 3.05) is 0 Å². The molecule has 0 heterocycles. The molecule has 0 radical (unpaired) electrons. The van der Waals surface area contributed by atoms with Crippen molar-refractivity contribution in [3.05, 3.63) is 59.7 Å². The van der Waals surface area contributed by atoms with E-state index in [1.54, 1.807) is 6.07 Å². The van der Waals surface area contributed by atoms with Crippen molar-refractivity contribution in [1.29, 1.82) is 0 Å². The van der Waals surface area contributed by atoms with Crippen LogP contribution in [0.25, 0.3) is 11.1 Å². The van der Waals surface area contributed by atoms with Crippen LogP contribution in [0.2, 0.25) is 0 Å². The van der Waals surface area contributed by atoms with Crippen LogP contribution in [0.3, 0.4) is 0 Å². The second-order valence-electron chi connectivity index (χ2n) is 4.94. The smallest absolute Gasteiger partial charge is 0.159 e. The van der Waals surface area contributed by atoms with Gasteiger partial charge in [0.15, 0.2) is 11.6 Å². The van der Waals surface area contributed by atoms with Crippen molar-refractivity contribution < 1.29 is 8.78 Å². The van der Waals surface area contributed by atoms with Gasteiger partial charge in [0, 0.05) is 12.6 Å². The molecule has 1 N–H and O–H groups in total. The van der Waals surface area contributed by atoms with Crippen molar-refractivity contribution >= 4 is 0 Å². The summed E-state index contributed by atoms with van der Waals surface area (Å²) in [6, 6.07) is 12.5. The molecular formula is C16H15F2N. The highest BCUT2D eigenvalue weighted by Crippen LogP contribution is 2.26. The molecule has 0 aromatic heterocycles. The lowest BCUT2D eigenvalue weighted by Crippen LogP contribution is -2.15. The molecule has 3 rings (SSSR count). The summed E-state index contributed by atoms with van der Waals surface area (Å²) in [7, 11) is 0. The quantitative estimate of drug-likeness (QED) is 0.878. The van der Waals surface area contributed by atoms with Crippen molar-refractivity contribution in [1.82, 2.24) is 5.32 Å². The van der Waals surface area contributed by atoms with E-state index in [1.807, 2.05) is 24.3 Å². The Morgan fingerprint density at radius 2 is 1.79 bits per heavy atom. The molecule has 19 heavy (non-hydrogen) atoms. The van der Waals surface area contributed by atoms with E-state index < -0.39 is 11.6 Å². The minimum Gasteiger partial charge on any atom is -0.310 e. The molecule has 0 amide bonds. The zero-order valence-electron chi connectivity index (χ0n) is 10.5. The van der Waals surface area contributed by atoms with Crippen LogP contribution >= 0.6 is 0 Å². The first-order valence-corrected chi connectivity index (χ1v) is 6.51. The van der Waals surface area contributed by atoms with Crippen molar-refractivity contribution in [2.24, 2.45) is 0 Å². The Hall–Kier alpha value is -1.74. The third-order valence-electron chi connectivity index (χ3n) is 3.41. The van der Waals surface area contributed by atoms with Gasteiger partial charge in [-0.1, -0.05) is 30.3 Å². The molecule has 0 unspecified atom stereocenters. The fraction of sp³-hybridized carbons (Fsp3) is 0.250. The molecule has 0 saturated heterocycles. The molecule has 1 aliphatic carbocycles. The van der Waals surface area contributed by atoms with Crippen LogP contribution < -0.4 is 5.32 Å². The Labute approximate surface area is 111 Å². The van der Waals surface area contributed by atoms with Crippen LogP contribution in [-0.4, -0.2) is 6.04 Å². The summed E-state index contributed by atoms with van der Waals surface area (Å²) in [6.45, 7) is 0.764. The highest BCUT2D eigenvalue weighted by molar-refractivity contribution is 5.67. The van der Waals surface area contributed by atoms with Gasteiger partial charge in [-0.2, -0.15) is 0 Å². The van der Waals surface area contributed by atoms with Crippen LogP contribution in [0.1, 0.15) is 18.4 Å². The maximum atomic E-state index is 13.3. The molecule has 2 aromatic carbocycles. The summed E-state index contributed by atoms with van der Waals surface area (Å²) in [5.41, 5.74) is 2.78. The summed E-state index contributed by atoms with van der Waals surface area (Å²) in [4.78, 5) is 0. The fourth-order valence-corrected chi connectivity index (χ4v) is 2.16. The van der Waals surface area contributed by atoms with E-state index in [-0.39, 0.29) is 0 Å². The lowest BCUT2D eigenvalue weighted by molar-refractivity contribution is 0.509. The van der Waals surface area contributed by atoms with Crippen LogP contribution in [0.4, 0.5) is 8.78 Å². The summed E-state index contributed by atoms with van der Waals surface area (Å²) in [6.07, 6.45) is 2.46. The van der Waals surface area contributed by atoms with Gasteiger partial charge < -0.3 is 5.32 Å². The highest BCUT2D eigenvalue weighted by atomic mass is 19.2. The van der Waals surface area contributed by atoms with Crippen LogP contribution in [-0.2, 0) is 6.54 Å². The fourth-order valence-electron chi connectivity index (χ4n) is 2.16. The molecule has 1 fully saturated rings. The molecule has 1 nitrogen and oxygen atoms in total. The van der Waals surface area contributed by atoms with E-state index >= 15 is 0 Å². The number of hydrogen-bond acceptors (Lipinski definition) is 1. The second kappa shape index (κ2) is 5.10. The molecule has 1 saturated carbocycles. The maximum absolute atomic E-state index is 13.3. The molecule has 0 bridgehead atoms. The summed E-state index contributed by atoms with van der Waals surface area (Å²) in [5.74, 6) is -1.61. The molecular weight excluding hydrogens is 244 g/mol. The Balaban J connectivity index is 1.91. The van der Waals surface area contributed by atoms with Gasteiger partial charge in [0.25, 0.3) is 0 Å². The van der Waals surface area contributed by atoms with Gasteiger partial charge in [-0.15, -0.1) is 0 Å². The number of rotatable bonds is 4. The molecule has 1 aliphatic rings. The first-order chi connectivity index (χ1) is 9.24. The minimum atomic E-state index is -0.808. The number of halogens is 2. The average molecular weight is 259 g/mol.